The van der Waals surface area contributed by atoms with Gasteiger partial charge in [0.25, 0.3) is 0 Å². The molecule has 0 unspecified atom stereocenters. The van der Waals surface area contributed by atoms with Crippen LogP contribution in [0, 0.1) is 0 Å². The molecule has 9 heteroatoms. The minimum Gasteiger partial charge on any atom is -0.444 e. The van der Waals surface area contributed by atoms with Gasteiger partial charge in [0.1, 0.15) is 11.2 Å². The summed E-state index contributed by atoms with van der Waals surface area (Å²) in [5, 5.41) is 6.57. The Morgan fingerprint density at radius 3 is 2.13 bits per heavy atom. The summed E-state index contributed by atoms with van der Waals surface area (Å²) in [4.78, 5) is 31.7. The average Bonchev–Trinajstić information content (AvgIpc) is 2.93. The fourth-order valence-corrected chi connectivity index (χ4v) is 2.73. The predicted molar refractivity (Wildman–Crippen MR) is 118 cm³/mol. The van der Waals surface area contributed by atoms with Crippen LogP contribution in [0.4, 0.5) is 9.59 Å². The van der Waals surface area contributed by atoms with Crippen molar-refractivity contribution < 1.29 is 19.1 Å². The number of aromatic amines is 1. The van der Waals surface area contributed by atoms with E-state index in [1.807, 2.05) is 24.4 Å². The third-order valence-electron chi connectivity index (χ3n) is 3.62. The maximum absolute atomic E-state index is 12.1. The van der Waals surface area contributed by atoms with Gasteiger partial charge in [0.2, 0.25) is 5.96 Å². The first-order valence-corrected chi connectivity index (χ1v) is 10.0. The fourth-order valence-electron chi connectivity index (χ4n) is 2.56. The molecule has 0 saturated heterocycles. The van der Waals surface area contributed by atoms with E-state index < -0.39 is 23.4 Å². The molecule has 0 fully saturated rings. The number of fused-ring (bicyclic) bond motifs is 1. The highest BCUT2D eigenvalue weighted by Gasteiger charge is 2.21. The number of nitrogens with one attached hydrogen (secondary N) is 3. The molecular formula is C21H29ClN4O4. The number of rotatable bonds is 3. The quantitative estimate of drug-likeness (QED) is 0.476. The van der Waals surface area contributed by atoms with E-state index >= 15 is 0 Å². The van der Waals surface area contributed by atoms with E-state index in [1.54, 1.807) is 41.5 Å². The van der Waals surface area contributed by atoms with Crippen molar-refractivity contribution in [2.45, 2.75) is 59.2 Å². The van der Waals surface area contributed by atoms with Crippen LogP contribution in [0.3, 0.4) is 0 Å². The zero-order valence-corrected chi connectivity index (χ0v) is 18.9. The van der Waals surface area contributed by atoms with Crippen LogP contribution in [-0.4, -0.2) is 40.9 Å². The summed E-state index contributed by atoms with van der Waals surface area (Å²) in [7, 11) is 0. The van der Waals surface area contributed by atoms with Crippen molar-refractivity contribution in [2.24, 2.45) is 4.99 Å². The molecule has 0 radical (unpaired) electrons. The Balaban J connectivity index is 2.11. The minimum absolute atomic E-state index is 0.0450. The lowest BCUT2D eigenvalue weighted by Crippen LogP contribution is -2.47. The van der Waals surface area contributed by atoms with E-state index in [0.717, 1.165) is 16.5 Å². The van der Waals surface area contributed by atoms with Gasteiger partial charge >= 0.3 is 12.2 Å². The van der Waals surface area contributed by atoms with E-state index in [9.17, 15) is 9.59 Å². The van der Waals surface area contributed by atoms with E-state index in [2.05, 4.69) is 20.6 Å². The highest BCUT2D eigenvalue weighted by atomic mass is 35.5. The number of nitrogens with zero attached hydrogens (tertiary/aromatic N) is 1. The number of amides is 2. The largest absolute Gasteiger partial charge is 0.444 e. The molecule has 2 aromatic rings. The molecule has 1 heterocycles. The summed E-state index contributed by atoms with van der Waals surface area (Å²) in [6, 6.07) is 5.60. The number of hydrogen-bond donors (Lipinski definition) is 3. The van der Waals surface area contributed by atoms with Crippen molar-refractivity contribution >= 4 is 40.6 Å². The fraction of sp³-hybridized carbons (Fsp3) is 0.476. The molecule has 1 aromatic carbocycles. The molecule has 0 atom stereocenters. The van der Waals surface area contributed by atoms with Crippen molar-refractivity contribution in [2.75, 3.05) is 6.54 Å². The second-order valence-corrected chi connectivity index (χ2v) is 9.17. The van der Waals surface area contributed by atoms with Gasteiger partial charge in [-0.1, -0.05) is 11.6 Å². The molecule has 0 aliphatic rings. The van der Waals surface area contributed by atoms with E-state index in [4.69, 9.17) is 21.1 Å². The molecule has 0 aliphatic carbocycles. The first-order chi connectivity index (χ1) is 13.8. The first kappa shape index (κ1) is 23.5. The molecule has 0 saturated carbocycles. The second kappa shape index (κ2) is 9.38. The standard InChI is InChI=1S/C21H29ClN4O4/c1-20(2,3)29-18(27)25-17(26-19(28)30-21(4,5)6)23-10-9-13-12-24-16-8-7-14(22)11-15(13)16/h7-8,11-12,24H,9-10H2,1-6H3,(H2,23,25,26,27,28). The summed E-state index contributed by atoms with van der Waals surface area (Å²) in [6.07, 6.45) is 1.00. The van der Waals surface area contributed by atoms with E-state index in [0.29, 0.717) is 18.0 Å². The maximum Gasteiger partial charge on any atom is 0.414 e. The Labute approximate surface area is 181 Å². The molecule has 3 N–H and O–H groups in total. The summed E-state index contributed by atoms with van der Waals surface area (Å²) < 4.78 is 10.5. The number of aromatic nitrogens is 1. The highest BCUT2D eigenvalue weighted by molar-refractivity contribution is 6.31. The number of H-pyrrole nitrogens is 1. The summed E-state index contributed by atoms with van der Waals surface area (Å²) in [6.45, 7) is 10.8. The minimum atomic E-state index is -0.726. The van der Waals surface area contributed by atoms with Gasteiger partial charge in [0.15, 0.2) is 0 Å². The van der Waals surface area contributed by atoms with Crippen LogP contribution >= 0.6 is 11.6 Å². The Hall–Kier alpha value is -2.74. The lowest BCUT2D eigenvalue weighted by atomic mass is 10.1. The van der Waals surface area contributed by atoms with Crippen LogP contribution in [0.5, 0.6) is 0 Å². The number of aliphatic imine (C=N–C) groups is 1. The van der Waals surface area contributed by atoms with Crippen molar-refractivity contribution in [3.8, 4) is 0 Å². The van der Waals surface area contributed by atoms with Crippen LogP contribution < -0.4 is 10.6 Å². The van der Waals surface area contributed by atoms with Gasteiger partial charge in [-0.15, -0.1) is 0 Å². The van der Waals surface area contributed by atoms with Crippen LogP contribution in [-0.2, 0) is 15.9 Å². The summed E-state index contributed by atoms with van der Waals surface area (Å²) in [5.74, 6) is -0.0450. The highest BCUT2D eigenvalue weighted by Crippen LogP contribution is 2.22. The molecule has 0 aliphatic heterocycles. The third kappa shape index (κ3) is 7.94. The van der Waals surface area contributed by atoms with Gasteiger partial charge in [0, 0.05) is 28.7 Å². The zero-order chi connectivity index (χ0) is 22.5. The van der Waals surface area contributed by atoms with Gasteiger partial charge in [-0.2, -0.15) is 0 Å². The summed E-state index contributed by atoms with van der Waals surface area (Å²) >= 11 is 6.09. The van der Waals surface area contributed by atoms with Crippen molar-refractivity contribution in [1.82, 2.24) is 15.6 Å². The van der Waals surface area contributed by atoms with Crippen LogP contribution in [0.25, 0.3) is 10.9 Å². The van der Waals surface area contributed by atoms with Gasteiger partial charge in [-0.25, -0.2) is 9.59 Å². The Kier molecular flexibility index (Phi) is 7.36. The molecule has 2 amide bonds. The molecule has 0 spiro atoms. The second-order valence-electron chi connectivity index (χ2n) is 8.74. The molecule has 30 heavy (non-hydrogen) atoms. The van der Waals surface area contributed by atoms with Gasteiger partial charge in [0.05, 0.1) is 0 Å². The smallest absolute Gasteiger partial charge is 0.414 e. The van der Waals surface area contributed by atoms with Gasteiger partial charge in [-0.3, -0.25) is 15.6 Å². The number of alkyl carbamates (subject to hydrolysis) is 2. The molecule has 2 rings (SSSR count). The van der Waals surface area contributed by atoms with Gasteiger partial charge < -0.3 is 14.5 Å². The Bertz CT molecular complexity index is 907. The van der Waals surface area contributed by atoms with Crippen LogP contribution in [0.1, 0.15) is 47.1 Å². The number of carbonyl (C=O) groups excluding carboxylic acids is 2. The molecule has 8 nitrogen and oxygen atoms in total. The third-order valence-corrected chi connectivity index (χ3v) is 3.85. The summed E-state index contributed by atoms with van der Waals surface area (Å²) in [5.41, 5.74) is 0.608. The SMILES string of the molecule is CC(C)(C)OC(=O)NC(=NCCc1c[nH]c2ccc(Cl)cc12)NC(=O)OC(C)(C)C. The lowest BCUT2D eigenvalue weighted by Gasteiger charge is -2.22. The number of guanidine groups is 1. The first-order valence-electron chi connectivity index (χ1n) is 9.62. The van der Waals surface area contributed by atoms with Crippen molar-refractivity contribution in [3.63, 3.8) is 0 Å². The number of ether oxygens (including phenoxy) is 2. The lowest BCUT2D eigenvalue weighted by molar-refractivity contribution is 0.0545. The van der Waals surface area contributed by atoms with Crippen molar-refractivity contribution in [1.29, 1.82) is 0 Å². The zero-order valence-electron chi connectivity index (χ0n) is 18.2. The number of halogens is 1. The van der Waals surface area contributed by atoms with Crippen LogP contribution in [0.15, 0.2) is 29.4 Å². The molecular weight excluding hydrogens is 408 g/mol. The van der Waals surface area contributed by atoms with E-state index in [1.165, 1.54) is 0 Å². The number of carbonyl (C=O) groups is 2. The Morgan fingerprint density at radius 2 is 1.60 bits per heavy atom. The average molecular weight is 437 g/mol. The topological polar surface area (TPSA) is 105 Å². The van der Waals surface area contributed by atoms with E-state index in [-0.39, 0.29) is 5.96 Å². The number of benzene rings is 1. The normalized spacial score (nSPS) is 11.7. The molecule has 0 bridgehead atoms. The van der Waals surface area contributed by atoms with Crippen LogP contribution in [0.2, 0.25) is 5.02 Å². The molecule has 1 aromatic heterocycles. The predicted octanol–water partition coefficient (Wildman–Crippen LogP) is 4.77. The number of hydrogen-bond acceptors (Lipinski definition) is 5. The monoisotopic (exact) mass is 436 g/mol. The van der Waals surface area contributed by atoms with Crippen molar-refractivity contribution in [3.05, 3.63) is 35.0 Å². The van der Waals surface area contributed by atoms with Gasteiger partial charge in [-0.05, 0) is 71.7 Å². The molecule has 164 valence electrons. The maximum atomic E-state index is 12.1. The Morgan fingerprint density at radius 1 is 1.03 bits per heavy atom.